The zero-order valence-electron chi connectivity index (χ0n) is 14.5. The molecule has 1 aromatic heterocycles. The number of aliphatic imine (C=N–C) groups is 1. The van der Waals surface area contributed by atoms with E-state index in [1.165, 1.54) is 16.9 Å². The second-order valence-corrected chi connectivity index (χ2v) is 7.83. The summed E-state index contributed by atoms with van der Waals surface area (Å²) < 4.78 is 11.9. The normalized spacial score (nSPS) is 13.3. The lowest BCUT2D eigenvalue weighted by Crippen LogP contribution is -1.99. The summed E-state index contributed by atoms with van der Waals surface area (Å²) in [5, 5.41) is 10.3. The molecule has 2 aromatic rings. The molecular formula is C20H19BrN2O2S. The van der Waals surface area contributed by atoms with E-state index in [1.807, 2.05) is 12.1 Å². The Morgan fingerprint density at radius 2 is 2.19 bits per heavy atom. The fourth-order valence-electron chi connectivity index (χ4n) is 2.99. The molecule has 0 N–H and O–H groups in total. The van der Waals surface area contributed by atoms with Crippen LogP contribution in [0.25, 0.3) is 0 Å². The van der Waals surface area contributed by atoms with E-state index in [0.717, 1.165) is 39.9 Å². The largest absolute Gasteiger partial charge is 0.493 e. The van der Waals surface area contributed by atoms with Crippen LogP contribution in [0.5, 0.6) is 11.5 Å². The second-order valence-electron chi connectivity index (χ2n) is 5.89. The van der Waals surface area contributed by atoms with Gasteiger partial charge in [0.1, 0.15) is 17.7 Å². The van der Waals surface area contributed by atoms with Crippen LogP contribution < -0.4 is 9.47 Å². The Morgan fingerprint density at radius 3 is 2.92 bits per heavy atom. The molecule has 0 fully saturated rings. The van der Waals surface area contributed by atoms with Gasteiger partial charge >= 0.3 is 0 Å². The fourth-order valence-corrected chi connectivity index (χ4v) is 4.75. The number of benzene rings is 1. The number of nitrogens with zero attached hydrogens (tertiary/aromatic N) is 2. The summed E-state index contributed by atoms with van der Waals surface area (Å²) >= 11 is 5.15. The van der Waals surface area contributed by atoms with Gasteiger partial charge in [-0.1, -0.05) is 12.7 Å². The molecule has 0 saturated carbocycles. The molecule has 6 heteroatoms. The first-order valence-electron chi connectivity index (χ1n) is 8.37. The van der Waals surface area contributed by atoms with Gasteiger partial charge in [-0.15, -0.1) is 11.3 Å². The van der Waals surface area contributed by atoms with Crippen molar-refractivity contribution in [2.24, 2.45) is 4.99 Å². The summed E-state index contributed by atoms with van der Waals surface area (Å²) in [5.41, 5.74) is 2.80. The van der Waals surface area contributed by atoms with Gasteiger partial charge in [-0.05, 0) is 64.9 Å². The number of hydrogen-bond acceptors (Lipinski definition) is 5. The molecule has 0 radical (unpaired) electrons. The SMILES string of the molecule is C=CCOc1c(Br)cc(C=Nc2sc3c(c2C#N)CCCC3)cc1OC. The third-order valence-electron chi connectivity index (χ3n) is 4.19. The third kappa shape index (κ3) is 3.84. The van der Waals surface area contributed by atoms with E-state index in [4.69, 9.17) is 9.47 Å². The summed E-state index contributed by atoms with van der Waals surface area (Å²) in [7, 11) is 1.60. The van der Waals surface area contributed by atoms with Crippen molar-refractivity contribution in [1.29, 1.82) is 5.26 Å². The first-order valence-corrected chi connectivity index (χ1v) is 9.98. The first-order chi connectivity index (χ1) is 12.7. The molecule has 1 heterocycles. The number of rotatable bonds is 6. The van der Waals surface area contributed by atoms with Crippen LogP contribution in [0.2, 0.25) is 0 Å². The number of aryl methyl sites for hydroxylation is 1. The molecule has 0 aliphatic heterocycles. The standard InChI is InChI=1S/C20H19BrN2O2S/c1-3-8-25-19-16(21)9-13(10-17(19)24-2)12-23-20-15(11-22)14-6-4-5-7-18(14)26-20/h3,9-10,12H,1,4-8H2,2H3. The highest BCUT2D eigenvalue weighted by molar-refractivity contribution is 9.10. The van der Waals surface area contributed by atoms with Gasteiger partial charge in [-0.25, -0.2) is 4.99 Å². The topological polar surface area (TPSA) is 54.6 Å². The molecule has 0 bridgehead atoms. The molecule has 1 aromatic carbocycles. The molecule has 3 rings (SSSR count). The van der Waals surface area contributed by atoms with Crippen LogP contribution in [0.15, 0.2) is 34.3 Å². The van der Waals surface area contributed by atoms with Crippen molar-refractivity contribution in [1.82, 2.24) is 0 Å². The van der Waals surface area contributed by atoms with Crippen molar-refractivity contribution >= 4 is 38.5 Å². The maximum Gasteiger partial charge on any atom is 0.175 e. The highest BCUT2D eigenvalue weighted by Crippen LogP contribution is 2.40. The van der Waals surface area contributed by atoms with Crippen molar-refractivity contribution in [2.45, 2.75) is 25.7 Å². The van der Waals surface area contributed by atoms with Gasteiger partial charge in [-0.3, -0.25) is 0 Å². The van der Waals surface area contributed by atoms with Gasteiger partial charge < -0.3 is 9.47 Å². The van der Waals surface area contributed by atoms with E-state index in [0.29, 0.717) is 18.1 Å². The molecule has 1 aliphatic carbocycles. The van der Waals surface area contributed by atoms with E-state index in [-0.39, 0.29) is 0 Å². The van der Waals surface area contributed by atoms with Gasteiger partial charge in [0.15, 0.2) is 11.5 Å². The minimum atomic E-state index is 0.397. The quantitative estimate of drug-likeness (QED) is 0.443. The number of hydrogen-bond donors (Lipinski definition) is 0. The van der Waals surface area contributed by atoms with Gasteiger partial charge in [0, 0.05) is 11.1 Å². The molecule has 0 spiro atoms. The minimum absolute atomic E-state index is 0.397. The van der Waals surface area contributed by atoms with E-state index in [2.05, 4.69) is 33.6 Å². The molecular weight excluding hydrogens is 412 g/mol. The van der Waals surface area contributed by atoms with Gasteiger partial charge in [0.2, 0.25) is 0 Å². The number of halogens is 1. The summed E-state index contributed by atoms with van der Waals surface area (Å²) in [4.78, 5) is 5.91. The summed E-state index contributed by atoms with van der Waals surface area (Å²) in [6.45, 7) is 4.06. The number of methoxy groups -OCH3 is 1. The Balaban J connectivity index is 1.92. The van der Waals surface area contributed by atoms with E-state index >= 15 is 0 Å². The van der Waals surface area contributed by atoms with Gasteiger partial charge in [-0.2, -0.15) is 5.26 Å². The minimum Gasteiger partial charge on any atom is -0.493 e. The summed E-state index contributed by atoms with van der Waals surface area (Å²) in [5.74, 6) is 1.25. The fraction of sp³-hybridized carbons (Fsp3) is 0.300. The average molecular weight is 431 g/mol. The van der Waals surface area contributed by atoms with Crippen LogP contribution in [0.1, 0.15) is 34.4 Å². The maximum absolute atomic E-state index is 9.54. The Hall–Kier alpha value is -2.10. The lowest BCUT2D eigenvalue weighted by Gasteiger charge is -2.12. The molecule has 0 unspecified atom stereocenters. The predicted molar refractivity (Wildman–Crippen MR) is 109 cm³/mol. The predicted octanol–water partition coefficient (Wildman–Crippen LogP) is 5.59. The summed E-state index contributed by atoms with van der Waals surface area (Å²) in [6, 6.07) is 6.13. The highest BCUT2D eigenvalue weighted by Gasteiger charge is 2.20. The van der Waals surface area contributed by atoms with Gasteiger partial charge in [0.05, 0.1) is 17.1 Å². The van der Waals surface area contributed by atoms with Crippen molar-refractivity contribution < 1.29 is 9.47 Å². The van der Waals surface area contributed by atoms with Crippen LogP contribution in [0.4, 0.5) is 5.00 Å². The Labute approximate surface area is 165 Å². The van der Waals surface area contributed by atoms with Crippen molar-refractivity contribution in [3.63, 3.8) is 0 Å². The van der Waals surface area contributed by atoms with Crippen LogP contribution >= 0.6 is 27.3 Å². The lowest BCUT2D eigenvalue weighted by atomic mass is 9.96. The van der Waals surface area contributed by atoms with Crippen LogP contribution in [0.3, 0.4) is 0 Å². The Bertz CT molecular complexity index is 896. The third-order valence-corrected chi connectivity index (χ3v) is 5.98. The van der Waals surface area contributed by atoms with Crippen molar-refractivity contribution in [3.8, 4) is 17.6 Å². The van der Waals surface area contributed by atoms with Crippen molar-refractivity contribution in [2.75, 3.05) is 13.7 Å². The number of fused-ring (bicyclic) bond motifs is 1. The second kappa shape index (κ2) is 8.52. The number of ether oxygens (including phenoxy) is 2. The Kier molecular flexibility index (Phi) is 6.12. The monoisotopic (exact) mass is 430 g/mol. The van der Waals surface area contributed by atoms with E-state index < -0.39 is 0 Å². The number of thiophene rings is 1. The number of nitriles is 1. The van der Waals surface area contributed by atoms with Crippen molar-refractivity contribution in [3.05, 3.63) is 50.8 Å². The maximum atomic E-state index is 9.54. The molecule has 0 saturated heterocycles. The van der Waals surface area contributed by atoms with E-state index in [9.17, 15) is 5.26 Å². The zero-order valence-corrected chi connectivity index (χ0v) is 17.0. The molecule has 0 amide bonds. The van der Waals surface area contributed by atoms with Crippen LogP contribution in [-0.2, 0) is 12.8 Å². The Morgan fingerprint density at radius 1 is 1.38 bits per heavy atom. The average Bonchev–Trinajstić information content (AvgIpc) is 3.02. The van der Waals surface area contributed by atoms with Gasteiger partial charge in [0.25, 0.3) is 0 Å². The lowest BCUT2D eigenvalue weighted by molar-refractivity contribution is 0.324. The van der Waals surface area contributed by atoms with E-state index in [1.54, 1.807) is 30.7 Å². The summed E-state index contributed by atoms with van der Waals surface area (Å²) in [6.07, 6.45) is 7.83. The molecule has 26 heavy (non-hydrogen) atoms. The van der Waals surface area contributed by atoms with Crippen LogP contribution in [0, 0.1) is 11.3 Å². The first kappa shape index (κ1) is 18.7. The molecule has 1 aliphatic rings. The molecule has 134 valence electrons. The smallest absolute Gasteiger partial charge is 0.175 e. The zero-order chi connectivity index (χ0) is 18.5. The molecule has 4 nitrogen and oxygen atoms in total. The van der Waals surface area contributed by atoms with Crippen LogP contribution in [-0.4, -0.2) is 19.9 Å². The molecule has 0 atom stereocenters. The highest BCUT2D eigenvalue weighted by atomic mass is 79.9.